The molecular formula is C43H62ClN5O6S. The van der Waals surface area contributed by atoms with Crippen molar-refractivity contribution < 1.29 is 27.4 Å². The number of sulfonamides is 1. The standard InChI is InChI=1S/C43H62ClN5O6S/c1-4-55-43(30-47-23-24-48-21-8-6-12-36(48)28-47)20-9-10-31(2)40(19-25-53-3)56(51,52)46-42(50)38-17-18-39-41(45-38)49(27-33-14-16-37(33)43)22-7-5-11-32-26-35(44)15-13-34(32)29-54-39/h9,13,15,17-18,20,26,31,33,36-37,40H,4-8,10-12,14,16,19,21-25,27-30H2,1-3H3,(H,46,50)/b20-9+/t31-,33-,36+,37+,40+,43+/m0/s1. The lowest BCUT2D eigenvalue weighted by Gasteiger charge is -2.53. The predicted octanol–water partition coefficient (Wildman–Crippen LogP) is 6.49. The van der Waals surface area contributed by atoms with Crippen molar-refractivity contribution in [3.63, 3.8) is 0 Å². The highest BCUT2D eigenvalue weighted by atomic mass is 35.5. The molecule has 1 aliphatic carbocycles. The Labute approximate surface area is 339 Å². The van der Waals surface area contributed by atoms with E-state index in [0.717, 1.165) is 70.4 Å². The van der Waals surface area contributed by atoms with E-state index in [0.29, 0.717) is 54.7 Å². The van der Waals surface area contributed by atoms with Crippen molar-refractivity contribution in [2.45, 2.75) is 102 Å². The number of halogens is 1. The van der Waals surface area contributed by atoms with Gasteiger partial charge in [0, 0.05) is 70.7 Å². The Morgan fingerprint density at radius 1 is 1.02 bits per heavy atom. The van der Waals surface area contributed by atoms with Crippen molar-refractivity contribution in [1.29, 1.82) is 0 Å². The van der Waals surface area contributed by atoms with Crippen LogP contribution < -0.4 is 14.4 Å². The van der Waals surface area contributed by atoms with Gasteiger partial charge in [0.2, 0.25) is 10.0 Å². The van der Waals surface area contributed by atoms with E-state index in [1.807, 2.05) is 25.1 Å². The summed E-state index contributed by atoms with van der Waals surface area (Å²) in [6, 6.07) is 9.87. The maximum absolute atomic E-state index is 14.1. The minimum absolute atomic E-state index is 0.0452. The number of pyridine rings is 1. The van der Waals surface area contributed by atoms with Gasteiger partial charge in [-0.05, 0) is 124 Å². The van der Waals surface area contributed by atoms with E-state index in [4.69, 9.17) is 30.8 Å². The Balaban J connectivity index is 1.28. The molecule has 2 bridgehead atoms. The summed E-state index contributed by atoms with van der Waals surface area (Å²) < 4.78 is 49.5. The van der Waals surface area contributed by atoms with Crippen molar-refractivity contribution in [1.82, 2.24) is 19.5 Å². The molecule has 6 atom stereocenters. The third-order valence-electron chi connectivity index (χ3n) is 13.1. The number of piperazine rings is 1. The van der Waals surface area contributed by atoms with Crippen LogP contribution in [0, 0.1) is 17.8 Å². The number of allylic oxidation sites excluding steroid dienone is 1. The average Bonchev–Trinajstić information content (AvgIpc) is 3.19. The minimum atomic E-state index is -4.10. The van der Waals surface area contributed by atoms with Gasteiger partial charge >= 0.3 is 0 Å². The molecule has 1 aromatic carbocycles. The molecule has 1 saturated carbocycles. The molecule has 0 radical (unpaired) electrons. The first-order valence-corrected chi connectivity index (χ1v) is 23.0. The molecule has 308 valence electrons. The van der Waals surface area contributed by atoms with Gasteiger partial charge in [-0.15, -0.1) is 0 Å². The van der Waals surface area contributed by atoms with Gasteiger partial charge in [0.1, 0.15) is 17.9 Å². The molecule has 5 heterocycles. The second-order valence-electron chi connectivity index (χ2n) is 16.8. The van der Waals surface area contributed by atoms with Crippen LogP contribution in [0.2, 0.25) is 5.02 Å². The molecular weight excluding hydrogens is 750 g/mol. The number of rotatable bonds is 7. The van der Waals surface area contributed by atoms with E-state index in [1.54, 1.807) is 19.2 Å². The van der Waals surface area contributed by atoms with Crippen LogP contribution in [0.4, 0.5) is 5.82 Å². The normalized spacial score (nSPS) is 31.0. The van der Waals surface area contributed by atoms with E-state index in [2.05, 4.69) is 38.5 Å². The minimum Gasteiger partial charge on any atom is -0.485 e. The van der Waals surface area contributed by atoms with Crippen LogP contribution in [0.15, 0.2) is 42.5 Å². The van der Waals surface area contributed by atoms with Gasteiger partial charge in [0.25, 0.3) is 5.91 Å². The number of hydrogen-bond acceptors (Lipinski definition) is 10. The van der Waals surface area contributed by atoms with Gasteiger partial charge in [-0.3, -0.25) is 14.6 Å². The number of hydrogen-bond donors (Lipinski definition) is 1. The van der Waals surface area contributed by atoms with Crippen LogP contribution in [0.1, 0.15) is 93.3 Å². The van der Waals surface area contributed by atoms with E-state index in [9.17, 15) is 13.2 Å². The third-order valence-corrected chi connectivity index (χ3v) is 15.3. The molecule has 4 aliphatic heterocycles. The van der Waals surface area contributed by atoms with Gasteiger partial charge in [0.15, 0.2) is 11.6 Å². The predicted molar refractivity (Wildman–Crippen MR) is 221 cm³/mol. The van der Waals surface area contributed by atoms with Gasteiger partial charge in [-0.2, -0.15) is 0 Å². The SMILES string of the molecule is CCO[C@@]1(CN2CCN3CCCC[C@@H]3C2)/C=C/C[C@H](C)[C@@H](CCOC)S(=O)(=O)NC(=O)c2ccc3c(n2)N(CCCCc2cc(Cl)ccc2CO3)C[C@@H]2CC[C@H]21. The van der Waals surface area contributed by atoms with Crippen LogP contribution >= 0.6 is 11.6 Å². The van der Waals surface area contributed by atoms with Gasteiger partial charge in [0.05, 0.1) is 5.25 Å². The van der Waals surface area contributed by atoms with Crippen LogP contribution in [0.5, 0.6) is 5.75 Å². The molecule has 13 heteroatoms. The largest absolute Gasteiger partial charge is 0.485 e. The van der Waals surface area contributed by atoms with E-state index >= 15 is 0 Å². The molecule has 2 saturated heterocycles. The van der Waals surface area contributed by atoms with Crippen molar-refractivity contribution in [3.8, 4) is 5.75 Å². The zero-order valence-corrected chi connectivity index (χ0v) is 35.2. The summed E-state index contributed by atoms with van der Waals surface area (Å²) in [6.07, 6.45) is 13.9. The fourth-order valence-corrected chi connectivity index (χ4v) is 11.8. The topological polar surface area (TPSA) is 114 Å². The summed E-state index contributed by atoms with van der Waals surface area (Å²) in [4.78, 5) is 26.4. The number of fused-ring (bicyclic) bond motifs is 4. The maximum atomic E-state index is 14.1. The number of nitrogens with one attached hydrogen (secondary N) is 1. The summed E-state index contributed by atoms with van der Waals surface area (Å²) in [5.41, 5.74) is 1.74. The number of carbonyl (C=O) groups excluding carboxylic acids is 1. The molecule has 7 rings (SSSR count). The first kappa shape index (κ1) is 41.4. The second-order valence-corrected chi connectivity index (χ2v) is 19.1. The number of piperidine rings is 1. The smallest absolute Gasteiger partial charge is 0.283 e. The van der Waals surface area contributed by atoms with E-state index in [-0.39, 0.29) is 30.6 Å². The zero-order chi connectivity index (χ0) is 39.3. The molecule has 1 amide bonds. The molecule has 0 unspecified atom stereocenters. The Kier molecular flexibility index (Phi) is 13.7. The highest BCUT2D eigenvalue weighted by Crippen LogP contribution is 2.47. The van der Waals surface area contributed by atoms with E-state index < -0.39 is 26.8 Å². The van der Waals surface area contributed by atoms with Crippen molar-refractivity contribution in [3.05, 3.63) is 64.3 Å². The second kappa shape index (κ2) is 18.5. The van der Waals surface area contributed by atoms with Gasteiger partial charge < -0.3 is 19.1 Å². The number of aromatic nitrogens is 1. The Morgan fingerprint density at radius 3 is 2.68 bits per heavy atom. The number of carbonyl (C=O) groups is 1. The lowest BCUT2D eigenvalue weighted by Crippen LogP contribution is -2.61. The molecule has 1 aromatic heterocycles. The fraction of sp³-hybridized carbons (Fsp3) is 0.674. The highest BCUT2D eigenvalue weighted by molar-refractivity contribution is 7.90. The average molecular weight is 813 g/mol. The molecule has 56 heavy (non-hydrogen) atoms. The van der Waals surface area contributed by atoms with Crippen LogP contribution in [-0.2, 0) is 32.5 Å². The Hall–Kier alpha value is -2.74. The lowest BCUT2D eigenvalue weighted by molar-refractivity contribution is -0.116. The van der Waals surface area contributed by atoms with E-state index in [1.165, 1.54) is 31.4 Å². The molecule has 5 aliphatic rings. The number of nitrogens with zero attached hydrogens (tertiary/aromatic N) is 4. The number of ether oxygens (including phenoxy) is 3. The Bertz CT molecular complexity index is 1810. The van der Waals surface area contributed by atoms with Crippen molar-refractivity contribution in [2.24, 2.45) is 17.8 Å². The first-order valence-electron chi connectivity index (χ1n) is 21.1. The quantitative estimate of drug-likeness (QED) is 0.312. The molecule has 2 aromatic rings. The third kappa shape index (κ3) is 9.42. The lowest BCUT2D eigenvalue weighted by atomic mass is 9.63. The molecule has 11 nitrogen and oxygen atoms in total. The summed E-state index contributed by atoms with van der Waals surface area (Å²) >= 11 is 6.43. The molecule has 1 N–H and O–H groups in total. The fourth-order valence-electron chi connectivity index (χ4n) is 9.99. The number of benzene rings is 1. The summed E-state index contributed by atoms with van der Waals surface area (Å²) in [6.45, 7) is 11.8. The summed E-state index contributed by atoms with van der Waals surface area (Å²) in [7, 11) is -2.54. The first-order chi connectivity index (χ1) is 27.1. The summed E-state index contributed by atoms with van der Waals surface area (Å²) in [5.74, 6) is 0.672. The monoisotopic (exact) mass is 811 g/mol. The van der Waals surface area contributed by atoms with Crippen LogP contribution in [0.25, 0.3) is 0 Å². The number of methoxy groups -OCH3 is 1. The highest BCUT2D eigenvalue weighted by Gasteiger charge is 2.49. The number of amides is 1. The maximum Gasteiger partial charge on any atom is 0.283 e. The number of aryl methyl sites for hydroxylation is 1. The number of anilines is 1. The van der Waals surface area contributed by atoms with Crippen molar-refractivity contribution in [2.75, 3.05) is 71.0 Å². The summed E-state index contributed by atoms with van der Waals surface area (Å²) in [5, 5.41) is -0.144. The molecule has 3 fully saturated rings. The van der Waals surface area contributed by atoms with Gasteiger partial charge in [-0.1, -0.05) is 43.2 Å². The Morgan fingerprint density at radius 2 is 1.88 bits per heavy atom. The van der Waals surface area contributed by atoms with Gasteiger partial charge in [-0.25, -0.2) is 18.1 Å². The van der Waals surface area contributed by atoms with Crippen LogP contribution in [0.3, 0.4) is 0 Å². The molecule has 0 spiro atoms. The van der Waals surface area contributed by atoms with Crippen LogP contribution in [-0.4, -0.2) is 112 Å². The zero-order valence-electron chi connectivity index (χ0n) is 33.6. The van der Waals surface area contributed by atoms with Crippen molar-refractivity contribution >= 4 is 33.3 Å².